The molecule has 1 nitrogen and oxygen atoms in total. The second kappa shape index (κ2) is 6.26. The number of hydrogen-bond acceptors (Lipinski definition) is 1. The summed E-state index contributed by atoms with van der Waals surface area (Å²) in [6, 6.07) is 19.6. The van der Waals surface area contributed by atoms with E-state index in [1.807, 2.05) is 0 Å². The summed E-state index contributed by atoms with van der Waals surface area (Å²) in [6.07, 6.45) is 8.77. The summed E-state index contributed by atoms with van der Waals surface area (Å²) in [5, 5.41) is 0. The van der Waals surface area contributed by atoms with Crippen molar-refractivity contribution in [2.24, 2.45) is 5.92 Å². The van der Waals surface area contributed by atoms with E-state index in [9.17, 15) is 0 Å². The number of fused-ring (bicyclic) bond motifs is 1. The Labute approximate surface area is 133 Å². The highest BCUT2D eigenvalue weighted by Crippen LogP contribution is 2.38. The standard InChI is InChI=1S/C21H24O/c1-2-6-17(7-3-1)18-12-10-16(11-13-18)14-20-15-19-8-4-5-9-21(19)22-20/h1-3,6-7,10-13,19-21H,4-5,8-9,14-15H2/t19-,20+,21+/m1/s1. The van der Waals surface area contributed by atoms with Gasteiger partial charge in [0.1, 0.15) is 0 Å². The van der Waals surface area contributed by atoms with Crippen LogP contribution in [0.1, 0.15) is 37.7 Å². The summed E-state index contributed by atoms with van der Waals surface area (Å²) >= 11 is 0. The van der Waals surface area contributed by atoms with Gasteiger partial charge in [0, 0.05) is 0 Å². The smallest absolute Gasteiger partial charge is 0.0622 e. The summed E-state index contributed by atoms with van der Waals surface area (Å²) in [5.41, 5.74) is 3.99. The summed E-state index contributed by atoms with van der Waals surface area (Å²) in [5.74, 6) is 0.836. The van der Waals surface area contributed by atoms with E-state index < -0.39 is 0 Å². The van der Waals surface area contributed by atoms with E-state index in [1.165, 1.54) is 48.8 Å². The lowest BCUT2D eigenvalue weighted by Crippen LogP contribution is -2.20. The molecule has 2 fully saturated rings. The summed E-state index contributed by atoms with van der Waals surface area (Å²) in [7, 11) is 0. The van der Waals surface area contributed by atoms with Gasteiger partial charge in [0.15, 0.2) is 0 Å². The maximum atomic E-state index is 6.28. The average molecular weight is 292 g/mol. The van der Waals surface area contributed by atoms with Gasteiger partial charge in [0.25, 0.3) is 0 Å². The quantitative estimate of drug-likeness (QED) is 0.751. The minimum absolute atomic E-state index is 0.440. The number of benzene rings is 2. The molecule has 1 aliphatic carbocycles. The van der Waals surface area contributed by atoms with E-state index >= 15 is 0 Å². The first-order chi connectivity index (χ1) is 10.9. The maximum absolute atomic E-state index is 6.28. The molecule has 0 bridgehead atoms. The third-order valence-corrected chi connectivity index (χ3v) is 5.30. The molecule has 1 heteroatoms. The highest BCUT2D eigenvalue weighted by Gasteiger charge is 2.36. The van der Waals surface area contributed by atoms with Crippen molar-refractivity contribution in [3.05, 3.63) is 60.2 Å². The molecule has 1 saturated carbocycles. The average Bonchev–Trinajstić information content (AvgIpc) is 2.98. The molecule has 2 aliphatic rings. The summed E-state index contributed by atoms with van der Waals surface area (Å²) < 4.78 is 6.28. The van der Waals surface area contributed by atoms with Crippen molar-refractivity contribution in [3.8, 4) is 11.1 Å². The third kappa shape index (κ3) is 2.96. The minimum atomic E-state index is 0.440. The summed E-state index contributed by atoms with van der Waals surface area (Å²) in [6.45, 7) is 0. The fourth-order valence-corrected chi connectivity index (χ4v) is 4.12. The van der Waals surface area contributed by atoms with Crippen molar-refractivity contribution in [2.45, 2.75) is 50.7 Å². The molecule has 1 saturated heterocycles. The third-order valence-electron chi connectivity index (χ3n) is 5.30. The van der Waals surface area contributed by atoms with E-state index in [1.54, 1.807) is 0 Å². The Morgan fingerprint density at radius 1 is 0.818 bits per heavy atom. The Hall–Kier alpha value is -1.60. The summed E-state index contributed by atoms with van der Waals surface area (Å²) in [4.78, 5) is 0. The first kappa shape index (κ1) is 14.0. The van der Waals surface area contributed by atoms with Crippen LogP contribution in [-0.2, 0) is 11.2 Å². The van der Waals surface area contributed by atoms with Crippen molar-refractivity contribution >= 4 is 0 Å². The molecule has 22 heavy (non-hydrogen) atoms. The maximum Gasteiger partial charge on any atom is 0.0622 e. The van der Waals surface area contributed by atoms with Crippen LogP contribution in [0.5, 0.6) is 0 Å². The zero-order chi connectivity index (χ0) is 14.8. The topological polar surface area (TPSA) is 9.23 Å². The van der Waals surface area contributed by atoms with Crippen LogP contribution in [0.2, 0.25) is 0 Å². The molecule has 0 aromatic heterocycles. The fourth-order valence-electron chi connectivity index (χ4n) is 4.12. The SMILES string of the molecule is c1ccc(-c2ccc(C[C@H]3C[C@H]4CCCC[C@@H]4O3)cc2)cc1. The van der Waals surface area contributed by atoms with Crippen LogP contribution in [0.25, 0.3) is 11.1 Å². The molecule has 0 radical (unpaired) electrons. The van der Waals surface area contributed by atoms with Gasteiger partial charge in [0.05, 0.1) is 12.2 Å². The Kier molecular flexibility index (Phi) is 3.99. The van der Waals surface area contributed by atoms with Crippen LogP contribution in [-0.4, -0.2) is 12.2 Å². The van der Waals surface area contributed by atoms with Crippen molar-refractivity contribution in [2.75, 3.05) is 0 Å². The molecule has 0 spiro atoms. The van der Waals surface area contributed by atoms with Crippen LogP contribution in [0.15, 0.2) is 54.6 Å². The highest BCUT2D eigenvalue weighted by atomic mass is 16.5. The number of hydrogen-bond donors (Lipinski definition) is 0. The Morgan fingerprint density at radius 3 is 2.32 bits per heavy atom. The largest absolute Gasteiger partial charge is 0.374 e. The predicted octanol–water partition coefficient (Wildman–Crippen LogP) is 5.24. The molecule has 4 rings (SSSR count). The van der Waals surface area contributed by atoms with Gasteiger partial charge >= 0.3 is 0 Å². The fraction of sp³-hybridized carbons (Fsp3) is 0.429. The van der Waals surface area contributed by atoms with Gasteiger partial charge in [-0.15, -0.1) is 0 Å². The monoisotopic (exact) mass is 292 g/mol. The van der Waals surface area contributed by atoms with Gasteiger partial charge in [0.2, 0.25) is 0 Å². The molecular formula is C21H24O. The zero-order valence-electron chi connectivity index (χ0n) is 13.1. The molecule has 1 heterocycles. The lowest BCUT2D eigenvalue weighted by atomic mass is 9.85. The van der Waals surface area contributed by atoms with Crippen LogP contribution >= 0.6 is 0 Å². The normalized spacial score (nSPS) is 27.5. The molecule has 1 aliphatic heterocycles. The van der Waals surface area contributed by atoms with E-state index in [0.29, 0.717) is 12.2 Å². The molecule has 0 unspecified atom stereocenters. The van der Waals surface area contributed by atoms with E-state index in [-0.39, 0.29) is 0 Å². The number of ether oxygens (including phenoxy) is 1. The van der Waals surface area contributed by atoms with E-state index in [4.69, 9.17) is 4.74 Å². The molecule has 2 aromatic carbocycles. The predicted molar refractivity (Wildman–Crippen MR) is 90.8 cm³/mol. The zero-order valence-corrected chi connectivity index (χ0v) is 13.1. The van der Waals surface area contributed by atoms with Crippen LogP contribution in [0, 0.1) is 5.92 Å². The van der Waals surface area contributed by atoms with Gasteiger partial charge in [-0.05, 0) is 48.3 Å². The van der Waals surface area contributed by atoms with Gasteiger partial charge in [-0.2, -0.15) is 0 Å². The van der Waals surface area contributed by atoms with Gasteiger partial charge < -0.3 is 4.74 Å². The Bertz CT molecular complexity index is 588. The van der Waals surface area contributed by atoms with Crippen molar-refractivity contribution in [1.29, 1.82) is 0 Å². The van der Waals surface area contributed by atoms with Gasteiger partial charge in [-0.25, -0.2) is 0 Å². The highest BCUT2D eigenvalue weighted by molar-refractivity contribution is 5.63. The minimum Gasteiger partial charge on any atom is -0.374 e. The van der Waals surface area contributed by atoms with Crippen LogP contribution in [0.4, 0.5) is 0 Å². The first-order valence-electron chi connectivity index (χ1n) is 8.68. The van der Waals surface area contributed by atoms with Crippen LogP contribution < -0.4 is 0 Å². The van der Waals surface area contributed by atoms with Crippen LogP contribution in [0.3, 0.4) is 0 Å². The molecule has 2 aromatic rings. The van der Waals surface area contributed by atoms with Crippen molar-refractivity contribution < 1.29 is 4.74 Å². The second-order valence-corrected chi connectivity index (χ2v) is 6.84. The lowest BCUT2D eigenvalue weighted by molar-refractivity contribution is 0.0195. The molecule has 0 amide bonds. The van der Waals surface area contributed by atoms with Crippen molar-refractivity contribution in [3.63, 3.8) is 0 Å². The Morgan fingerprint density at radius 2 is 1.55 bits per heavy atom. The van der Waals surface area contributed by atoms with Crippen molar-refractivity contribution in [1.82, 2.24) is 0 Å². The van der Waals surface area contributed by atoms with E-state index in [2.05, 4.69) is 54.6 Å². The number of rotatable bonds is 3. The Balaban J connectivity index is 1.41. The lowest BCUT2D eigenvalue weighted by Gasteiger charge is -2.23. The van der Waals surface area contributed by atoms with Gasteiger partial charge in [-0.1, -0.05) is 67.4 Å². The molecule has 114 valence electrons. The molecular weight excluding hydrogens is 268 g/mol. The van der Waals surface area contributed by atoms with Gasteiger partial charge in [-0.3, -0.25) is 0 Å². The first-order valence-corrected chi connectivity index (χ1v) is 8.68. The van der Waals surface area contributed by atoms with E-state index in [0.717, 1.165) is 12.3 Å². The molecule has 0 N–H and O–H groups in total. The second-order valence-electron chi connectivity index (χ2n) is 6.84. The molecule has 3 atom stereocenters.